The van der Waals surface area contributed by atoms with Crippen LogP contribution >= 0.6 is 22.9 Å². The monoisotopic (exact) mass is 348 g/mol. The molecule has 0 aliphatic carbocycles. The number of hydrogen-bond donors (Lipinski definition) is 0. The van der Waals surface area contributed by atoms with Gasteiger partial charge in [0.1, 0.15) is 16.5 Å². The molecule has 23 heavy (non-hydrogen) atoms. The molecule has 2 heterocycles. The van der Waals surface area contributed by atoms with Crippen LogP contribution in [-0.4, -0.2) is 24.4 Å². The molecule has 0 bridgehead atoms. The molecule has 3 rings (SSSR count). The maximum atomic E-state index is 6.29. The maximum Gasteiger partial charge on any atom is 0.269 e. The number of rotatable bonds is 5. The summed E-state index contributed by atoms with van der Waals surface area (Å²) in [6, 6.07) is 7.37. The van der Waals surface area contributed by atoms with Gasteiger partial charge in [-0.15, -0.1) is 0 Å². The van der Waals surface area contributed by atoms with Gasteiger partial charge in [0.15, 0.2) is 0 Å². The van der Waals surface area contributed by atoms with Crippen molar-refractivity contribution in [1.82, 2.24) is 10.1 Å². The molecule has 118 valence electrons. The number of thiophene rings is 1. The Morgan fingerprint density at radius 3 is 2.57 bits per heavy atom. The zero-order valence-electron chi connectivity index (χ0n) is 12.4. The minimum absolute atomic E-state index is 0.259. The van der Waals surface area contributed by atoms with Gasteiger partial charge in [-0.25, -0.2) is 0 Å². The standard InChI is InChI=1S/C16H13ClN2O3S/c1-20-12-5-10(6-13(8-12)21-2)7-14(17)16-18-15(19-22-16)11-3-4-23-9-11/h3-9H,1-2H3. The van der Waals surface area contributed by atoms with Gasteiger partial charge in [-0.3, -0.25) is 0 Å². The summed E-state index contributed by atoms with van der Waals surface area (Å²) in [4.78, 5) is 4.30. The number of ether oxygens (including phenoxy) is 2. The fourth-order valence-corrected chi connectivity index (χ4v) is 2.79. The predicted octanol–water partition coefficient (Wildman–Crippen LogP) is 4.55. The van der Waals surface area contributed by atoms with Crippen LogP contribution in [0.25, 0.3) is 22.5 Å². The zero-order valence-corrected chi connectivity index (χ0v) is 14.0. The second-order valence-corrected chi connectivity index (χ2v) is 5.76. The van der Waals surface area contributed by atoms with Gasteiger partial charge in [0.25, 0.3) is 5.89 Å². The molecule has 0 unspecified atom stereocenters. The molecular weight excluding hydrogens is 336 g/mol. The summed E-state index contributed by atoms with van der Waals surface area (Å²) < 4.78 is 15.7. The molecule has 0 aliphatic heterocycles. The fraction of sp³-hybridized carbons (Fsp3) is 0.125. The molecule has 3 aromatic rings. The molecule has 5 nitrogen and oxygen atoms in total. The fourth-order valence-electron chi connectivity index (χ4n) is 1.95. The van der Waals surface area contributed by atoms with E-state index in [1.54, 1.807) is 37.7 Å². The van der Waals surface area contributed by atoms with E-state index in [0.717, 1.165) is 11.1 Å². The molecule has 0 saturated heterocycles. The Balaban J connectivity index is 1.90. The summed E-state index contributed by atoms with van der Waals surface area (Å²) in [5.74, 6) is 2.11. The summed E-state index contributed by atoms with van der Waals surface area (Å²) >= 11 is 7.86. The second kappa shape index (κ2) is 6.85. The van der Waals surface area contributed by atoms with Gasteiger partial charge in [0, 0.05) is 17.0 Å². The Hall–Kier alpha value is -2.31. The second-order valence-electron chi connectivity index (χ2n) is 4.57. The average molecular weight is 349 g/mol. The van der Waals surface area contributed by atoms with Crippen molar-refractivity contribution in [3.63, 3.8) is 0 Å². The highest BCUT2D eigenvalue weighted by Crippen LogP contribution is 2.28. The van der Waals surface area contributed by atoms with Gasteiger partial charge >= 0.3 is 0 Å². The summed E-state index contributed by atoms with van der Waals surface area (Å²) in [7, 11) is 3.18. The third-order valence-electron chi connectivity index (χ3n) is 3.08. The first-order valence-corrected chi connectivity index (χ1v) is 7.98. The number of hydrogen-bond acceptors (Lipinski definition) is 6. The third kappa shape index (κ3) is 3.55. The van der Waals surface area contributed by atoms with E-state index in [-0.39, 0.29) is 5.89 Å². The molecule has 0 spiro atoms. The van der Waals surface area contributed by atoms with Crippen LogP contribution in [0.4, 0.5) is 0 Å². The number of nitrogens with zero attached hydrogens (tertiary/aromatic N) is 2. The summed E-state index contributed by atoms with van der Waals surface area (Å²) in [5.41, 5.74) is 1.71. The van der Waals surface area contributed by atoms with E-state index in [1.807, 2.05) is 29.0 Å². The smallest absolute Gasteiger partial charge is 0.269 e. The maximum absolute atomic E-state index is 6.29. The highest BCUT2D eigenvalue weighted by atomic mass is 35.5. The molecule has 7 heteroatoms. The van der Waals surface area contributed by atoms with Crippen molar-refractivity contribution >= 4 is 34.0 Å². The zero-order chi connectivity index (χ0) is 16.2. The highest BCUT2D eigenvalue weighted by molar-refractivity contribution is 7.08. The van der Waals surface area contributed by atoms with Crippen LogP contribution in [-0.2, 0) is 0 Å². The first kappa shape index (κ1) is 15.6. The van der Waals surface area contributed by atoms with Crippen molar-refractivity contribution in [2.24, 2.45) is 0 Å². The van der Waals surface area contributed by atoms with E-state index in [4.69, 9.17) is 25.6 Å². The summed E-state index contributed by atoms with van der Waals surface area (Å²) in [6.45, 7) is 0. The summed E-state index contributed by atoms with van der Waals surface area (Å²) in [5, 5.41) is 8.17. The van der Waals surface area contributed by atoms with Gasteiger partial charge in [-0.05, 0) is 35.2 Å². The van der Waals surface area contributed by atoms with Gasteiger partial charge in [0.05, 0.1) is 14.2 Å². The number of benzene rings is 1. The molecule has 1 aromatic carbocycles. The quantitative estimate of drug-likeness (QED) is 0.676. The van der Waals surface area contributed by atoms with E-state index < -0.39 is 0 Å². The minimum atomic E-state index is 0.259. The van der Waals surface area contributed by atoms with Crippen molar-refractivity contribution in [3.8, 4) is 22.9 Å². The van der Waals surface area contributed by atoms with E-state index in [9.17, 15) is 0 Å². The molecule has 0 radical (unpaired) electrons. The topological polar surface area (TPSA) is 57.4 Å². The summed E-state index contributed by atoms with van der Waals surface area (Å²) in [6.07, 6.45) is 1.72. The lowest BCUT2D eigenvalue weighted by Crippen LogP contribution is -1.88. The Morgan fingerprint density at radius 1 is 1.22 bits per heavy atom. The lowest BCUT2D eigenvalue weighted by molar-refractivity contribution is 0.394. The van der Waals surface area contributed by atoms with Crippen LogP contribution in [0, 0.1) is 0 Å². The number of methoxy groups -OCH3 is 2. The molecule has 0 N–H and O–H groups in total. The van der Waals surface area contributed by atoms with E-state index >= 15 is 0 Å². The van der Waals surface area contributed by atoms with Crippen LogP contribution in [0.5, 0.6) is 11.5 Å². The minimum Gasteiger partial charge on any atom is -0.497 e. The average Bonchev–Trinajstić information content (AvgIpc) is 3.25. The van der Waals surface area contributed by atoms with Crippen molar-refractivity contribution in [3.05, 3.63) is 46.5 Å². The van der Waals surface area contributed by atoms with E-state index in [0.29, 0.717) is 22.4 Å². The predicted molar refractivity (Wildman–Crippen MR) is 90.9 cm³/mol. The lowest BCUT2D eigenvalue weighted by atomic mass is 10.2. The SMILES string of the molecule is COc1cc(C=C(Cl)c2nc(-c3ccsc3)no2)cc(OC)c1. The third-order valence-corrected chi connectivity index (χ3v) is 4.03. The Kier molecular flexibility index (Phi) is 4.64. The molecule has 0 amide bonds. The Labute approximate surface area is 142 Å². The lowest BCUT2D eigenvalue weighted by Gasteiger charge is -2.05. The van der Waals surface area contributed by atoms with E-state index in [2.05, 4.69) is 10.1 Å². The molecular formula is C16H13ClN2O3S. The molecule has 0 fully saturated rings. The van der Waals surface area contributed by atoms with Gasteiger partial charge in [-0.2, -0.15) is 16.3 Å². The van der Waals surface area contributed by atoms with Crippen molar-refractivity contribution in [1.29, 1.82) is 0 Å². The molecule has 0 saturated carbocycles. The van der Waals surface area contributed by atoms with Crippen molar-refractivity contribution in [2.45, 2.75) is 0 Å². The number of aromatic nitrogens is 2. The van der Waals surface area contributed by atoms with Crippen LogP contribution in [0.1, 0.15) is 11.5 Å². The Bertz CT molecular complexity index is 805. The van der Waals surface area contributed by atoms with Crippen LogP contribution in [0.15, 0.2) is 39.5 Å². The van der Waals surface area contributed by atoms with Crippen LogP contribution in [0.3, 0.4) is 0 Å². The highest BCUT2D eigenvalue weighted by Gasteiger charge is 2.12. The normalized spacial score (nSPS) is 11.5. The molecule has 0 aliphatic rings. The van der Waals surface area contributed by atoms with Gasteiger partial charge in [0.2, 0.25) is 5.82 Å². The van der Waals surface area contributed by atoms with Gasteiger partial charge in [-0.1, -0.05) is 16.8 Å². The van der Waals surface area contributed by atoms with Crippen LogP contribution < -0.4 is 9.47 Å². The molecule has 2 aromatic heterocycles. The first-order valence-electron chi connectivity index (χ1n) is 6.66. The van der Waals surface area contributed by atoms with Crippen molar-refractivity contribution < 1.29 is 14.0 Å². The Morgan fingerprint density at radius 2 is 1.96 bits per heavy atom. The number of halogens is 1. The van der Waals surface area contributed by atoms with Crippen LogP contribution in [0.2, 0.25) is 0 Å². The van der Waals surface area contributed by atoms with Gasteiger partial charge < -0.3 is 14.0 Å². The van der Waals surface area contributed by atoms with Crippen molar-refractivity contribution in [2.75, 3.05) is 14.2 Å². The van der Waals surface area contributed by atoms with E-state index in [1.165, 1.54) is 0 Å². The molecule has 0 atom stereocenters. The largest absolute Gasteiger partial charge is 0.497 e. The first-order chi connectivity index (χ1) is 11.2.